The van der Waals surface area contributed by atoms with Gasteiger partial charge in [0.05, 0.1) is 0 Å². The molecule has 142 valence electrons. The van der Waals surface area contributed by atoms with Crippen LogP contribution in [0.3, 0.4) is 0 Å². The normalized spacial score (nSPS) is 13.8. The molecule has 1 aliphatic heterocycles. The van der Waals surface area contributed by atoms with Crippen LogP contribution in [-0.2, 0) is 20.1 Å². The molecule has 3 aromatic rings. The van der Waals surface area contributed by atoms with Crippen LogP contribution in [0.5, 0.6) is 0 Å². The molecule has 1 aromatic carbocycles. The summed E-state index contributed by atoms with van der Waals surface area (Å²) in [5.74, 6) is 0.937. The molecule has 0 radical (unpaired) electrons. The molecule has 0 amide bonds. The molecule has 7 heteroatoms. The van der Waals surface area contributed by atoms with Crippen molar-refractivity contribution >= 4 is 22.8 Å². The Morgan fingerprint density at radius 1 is 1.15 bits per heavy atom. The number of imidazole rings is 1. The molecule has 2 aromatic heterocycles. The zero-order valence-corrected chi connectivity index (χ0v) is 16.5. The van der Waals surface area contributed by atoms with Crippen molar-refractivity contribution in [1.82, 2.24) is 18.7 Å². The van der Waals surface area contributed by atoms with Crippen LogP contribution < -0.4 is 16.1 Å². The Morgan fingerprint density at radius 3 is 2.56 bits per heavy atom. The maximum absolute atomic E-state index is 13.1. The molecule has 27 heavy (non-hydrogen) atoms. The number of rotatable bonds is 3. The fourth-order valence-corrected chi connectivity index (χ4v) is 3.94. The number of aromatic nitrogens is 4. The van der Waals surface area contributed by atoms with Gasteiger partial charge in [0.15, 0.2) is 11.2 Å². The van der Waals surface area contributed by atoms with Crippen molar-refractivity contribution in [2.45, 2.75) is 40.8 Å². The lowest BCUT2D eigenvalue weighted by Gasteiger charge is -2.19. The third-order valence-electron chi connectivity index (χ3n) is 5.19. The number of anilines is 2. The van der Waals surface area contributed by atoms with Crippen LogP contribution >= 0.6 is 0 Å². The van der Waals surface area contributed by atoms with Crippen molar-refractivity contribution in [3.05, 3.63) is 50.2 Å². The number of fused-ring (bicyclic) bond motifs is 3. The molecule has 7 nitrogen and oxygen atoms in total. The molecule has 0 bridgehead atoms. The van der Waals surface area contributed by atoms with E-state index in [9.17, 15) is 9.59 Å². The molecule has 0 saturated heterocycles. The highest BCUT2D eigenvalue weighted by atomic mass is 16.2. The van der Waals surface area contributed by atoms with Crippen molar-refractivity contribution in [3.63, 3.8) is 0 Å². The molecule has 1 aliphatic rings. The average molecular weight is 367 g/mol. The van der Waals surface area contributed by atoms with E-state index in [4.69, 9.17) is 4.98 Å². The fraction of sp³-hybridized carbons (Fsp3) is 0.450. The first-order valence-electron chi connectivity index (χ1n) is 9.34. The van der Waals surface area contributed by atoms with Gasteiger partial charge in [0.2, 0.25) is 5.95 Å². The Morgan fingerprint density at radius 2 is 1.89 bits per heavy atom. The summed E-state index contributed by atoms with van der Waals surface area (Å²) < 4.78 is 4.78. The van der Waals surface area contributed by atoms with E-state index in [2.05, 4.69) is 36.9 Å². The van der Waals surface area contributed by atoms with E-state index in [0.29, 0.717) is 24.3 Å². The summed E-state index contributed by atoms with van der Waals surface area (Å²) in [7, 11) is 1.69. The van der Waals surface area contributed by atoms with E-state index in [1.54, 1.807) is 7.05 Å². The third kappa shape index (κ3) is 2.60. The lowest BCUT2D eigenvalue weighted by atomic mass is 10.1. The molecule has 0 atom stereocenters. The number of nitrogens with zero attached hydrogens (tertiary/aromatic N) is 5. The minimum absolute atomic E-state index is 0.209. The summed E-state index contributed by atoms with van der Waals surface area (Å²) in [6.07, 6.45) is 0. The highest BCUT2D eigenvalue weighted by molar-refractivity contribution is 5.78. The molecular formula is C20H25N5O2. The molecular weight excluding hydrogens is 342 g/mol. The van der Waals surface area contributed by atoms with Gasteiger partial charge in [-0.2, -0.15) is 4.98 Å². The summed E-state index contributed by atoms with van der Waals surface area (Å²) in [6.45, 7) is 9.99. The molecule has 4 rings (SSSR count). The summed E-state index contributed by atoms with van der Waals surface area (Å²) in [4.78, 5) is 32.6. The lowest BCUT2D eigenvalue weighted by Crippen LogP contribution is -2.40. The van der Waals surface area contributed by atoms with Crippen molar-refractivity contribution in [3.8, 4) is 0 Å². The number of hydrogen-bond donors (Lipinski definition) is 0. The Kier molecular flexibility index (Phi) is 3.98. The monoisotopic (exact) mass is 367 g/mol. The van der Waals surface area contributed by atoms with Gasteiger partial charge in [-0.25, -0.2) is 4.79 Å². The maximum atomic E-state index is 13.1. The van der Waals surface area contributed by atoms with E-state index in [-0.39, 0.29) is 17.2 Å². The van der Waals surface area contributed by atoms with Crippen molar-refractivity contribution in [2.75, 3.05) is 11.4 Å². The van der Waals surface area contributed by atoms with Crippen LogP contribution in [0.25, 0.3) is 11.2 Å². The Bertz CT molecular complexity index is 1170. The highest BCUT2D eigenvalue weighted by Gasteiger charge is 2.29. The van der Waals surface area contributed by atoms with Gasteiger partial charge in [0, 0.05) is 32.4 Å². The second-order valence-electron chi connectivity index (χ2n) is 7.83. The SMILES string of the molecule is Cc1ccc(N2CCn3c2nc2c3c(=O)n(CC(C)C)c(=O)n2C)c(C)c1. The van der Waals surface area contributed by atoms with E-state index < -0.39 is 0 Å². The van der Waals surface area contributed by atoms with Crippen molar-refractivity contribution in [2.24, 2.45) is 13.0 Å². The highest BCUT2D eigenvalue weighted by Crippen LogP contribution is 2.33. The van der Waals surface area contributed by atoms with Crippen LogP contribution in [0.15, 0.2) is 27.8 Å². The van der Waals surface area contributed by atoms with Crippen LogP contribution in [0.2, 0.25) is 0 Å². The first kappa shape index (κ1) is 17.6. The summed E-state index contributed by atoms with van der Waals surface area (Å²) in [5.41, 5.74) is 3.88. The molecule has 0 aliphatic carbocycles. The second kappa shape index (κ2) is 6.11. The average Bonchev–Trinajstić information content (AvgIpc) is 3.16. The third-order valence-corrected chi connectivity index (χ3v) is 5.19. The summed E-state index contributed by atoms with van der Waals surface area (Å²) in [6, 6.07) is 6.32. The topological polar surface area (TPSA) is 65.1 Å². The molecule has 3 heterocycles. The minimum atomic E-state index is -0.309. The smallest absolute Gasteiger partial charge is 0.310 e. The van der Waals surface area contributed by atoms with Crippen LogP contribution in [0, 0.1) is 19.8 Å². The Hall–Kier alpha value is -2.83. The Balaban J connectivity index is 1.95. The second-order valence-corrected chi connectivity index (χ2v) is 7.83. The first-order chi connectivity index (χ1) is 12.8. The van der Waals surface area contributed by atoms with Crippen molar-refractivity contribution in [1.29, 1.82) is 0 Å². The lowest BCUT2D eigenvalue weighted by molar-refractivity contribution is 0.484. The number of hydrogen-bond acceptors (Lipinski definition) is 4. The summed E-state index contributed by atoms with van der Waals surface area (Å²) >= 11 is 0. The van der Waals surface area contributed by atoms with Gasteiger partial charge in [0.1, 0.15) is 0 Å². The maximum Gasteiger partial charge on any atom is 0.332 e. The molecule has 0 saturated carbocycles. The zero-order chi connectivity index (χ0) is 19.5. The predicted octanol–water partition coefficient (Wildman–Crippen LogP) is 2.32. The Labute approximate surface area is 157 Å². The first-order valence-corrected chi connectivity index (χ1v) is 9.34. The summed E-state index contributed by atoms with van der Waals surface area (Å²) in [5, 5.41) is 0. The quantitative estimate of drug-likeness (QED) is 0.713. The number of benzene rings is 1. The molecule has 0 fully saturated rings. The minimum Gasteiger partial charge on any atom is -0.310 e. The van der Waals surface area contributed by atoms with Gasteiger partial charge in [-0.1, -0.05) is 31.5 Å². The predicted molar refractivity (Wildman–Crippen MR) is 107 cm³/mol. The van der Waals surface area contributed by atoms with E-state index in [1.807, 2.05) is 18.4 Å². The van der Waals surface area contributed by atoms with Gasteiger partial charge in [-0.3, -0.25) is 13.9 Å². The van der Waals surface area contributed by atoms with Crippen LogP contribution in [0.1, 0.15) is 25.0 Å². The number of aryl methyl sites for hydroxylation is 3. The van der Waals surface area contributed by atoms with E-state index >= 15 is 0 Å². The zero-order valence-electron chi connectivity index (χ0n) is 16.5. The molecule has 0 unspecified atom stereocenters. The van der Waals surface area contributed by atoms with Crippen LogP contribution in [0.4, 0.5) is 11.6 Å². The van der Waals surface area contributed by atoms with Gasteiger partial charge >= 0.3 is 5.69 Å². The van der Waals surface area contributed by atoms with Crippen molar-refractivity contribution < 1.29 is 0 Å². The molecule has 0 spiro atoms. The van der Waals surface area contributed by atoms with Gasteiger partial charge < -0.3 is 9.47 Å². The van der Waals surface area contributed by atoms with E-state index in [0.717, 1.165) is 18.2 Å². The van der Waals surface area contributed by atoms with Gasteiger partial charge in [-0.15, -0.1) is 0 Å². The standard InChI is InChI=1S/C20H25N5O2/c1-12(2)11-25-18(26)16-17(22(5)20(25)27)21-19-23(8-9-24(16)19)15-7-6-13(3)10-14(15)4/h6-7,10,12H,8-9,11H2,1-5H3. The van der Waals surface area contributed by atoms with Crippen LogP contribution in [-0.4, -0.2) is 25.2 Å². The van der Waals surface area contributed by atoms with Gasteiger partial charge in [-0.05, 0) is 31.4 Å². The largest absolute Gasteiger partial charge is 0.332 e. The van der Waals surface area contributed by atoms with E-state index in [1.165, 1.54) is 20.3 Å². The van der Waals surface area contributed by atoms with Gasteiger partial charge in [0.25, 0.3) is 5.56 Å². The fourth-order valence-electron chi connectivity index (χ4n) is 3.94. The molecule has 0 N–H and O–H groups in total.